The van der Waals surface area contributed by atoms with Crippen LogP contribution in [0.15, 0.2) is 28.8 Å². The van der Waals surface area contributed by atoms with Gasteiger partial charge in [0.25, 0.3) is 0 Å². The van der Waals surface area contributed by atoms with Crippen LogP contribution in [0.25, 0.3) is 11.4 Å². The van der Waals surface area contributed by atoms with Crippen LogP contribution in [0.1, 0.15) is 18.7 Å². The Morgan fingerprint density at radius 3 is 2.44 bits per heavy atom. The van der Waals surface area contributed by atoms with Crippen LogP contribution in [0.4, 0.5) is 13.2 Å². The molecule has 3 N–H and O–H groups in total. The van der Waals surface area contributed by atoms with Gasteiger partial charge in [0, 0.05) is 18.5 Å². The second-order valence-corrected chi connectivity index (χ2v) is 7.36. The van der Waals surface area contributed by atoms with Gasteiger partial charge in [-0.05, 0) is 24.3 Å². The summed E-state index contributed by atoms with van der Waals surface area (Å²) >= 11 is 0. The number of aliphatic hydroxyl groups is 2. The molecule has 0 radical (unpaired) electrons. The molecule has 1 saturated heterocycles. The van der Waals surface area contributed by atoms with Crippen molar-refractivity contribution in [2.24, 2.45) is 0 Å². The number of hydrogen-bond donors (Lipinski definition) is 3. The molecule has 1 aromatic carbocycles. The molecule has 1 aromatic heterocycles. The first-order valence-electron chi connectivity index (χ1n) is 10.1. The first kappa shape index (κ1) is 25.4. The van der Waals surface area contributed by atoms with Crippen molar-refractivity contribution in [3.05, 3.63) is 30.2 Å². The number of benzene rings is 1. The number of rotatable bonds is 9. The molecule has 2 heterocycles. The molecule has 4 atom stereocenters. The lowest BCUT2D eigenvalue weighted by Gasteiger charge is -2.15. The fraction of sp³-hybridized carbons (Fsp3) is 0.500. The standard InChI is InChI=1S/C20H22F3N3O8/c1-31-16(28)7-6-14(27)24-9-13-18(30)17(29)12(32-13)8-15-25-19(26-34-15)10-2-4-11(5-3-10)33-20(21,22)23/h2-5,12-13,17-18,29-30H,6-9H2,1H3,(H,24,27)/t12-,13-,17-,18+/m0/s1. The summed E-state index contributed by atoms with van der Waals surface area (Å²) < 4.78 is 55.8. The molecule has 0 saturated carbocycles. The average molecular weight is 489 g/mol. The predicted octanol–water partition coefficient (Wildman–Crippen LogP) is 0.736. The second kappa shape index (κ2) is 10.8. The van der Waals surface area contributed by atoms with Gasteiger partial charge in [-0.3, -0.25) is 9.59 Å². The highest BCUT2D eigenvalue weighted by molar-refractivity contribution is 5.81. The van der Waals surface area contributed by atoms with Gasteiger partial charge in [0.05, 0.1) is 26.1 Å². The lowest BCUT2D eigenvalue weighted by molar-refractivity contribution is -0.274. The Morgan fingerprint density at radius 2 is 1.79 bits per heavy atom. The molecule has 1 amide bonds. The van der Waals surface area contributed by atoms with Crippen LogP contribution >= 0.6 is 0 Å². The second-order valence-electron chi connectivity index (χ2n) is 7.36. The van der Waals surface area contributed by atoms with E-state index >= 15 is 0 Å². The third kappa shape index (κ3) is 6.88. The Hall–Kier alpha value is -3.23. The number of alkyl halides is 3. The van der Waals surface area contributed by atoms with Crippen molar-refractivity contribution in [1.82, 2.24) is 15.5 Å². The Bertz CT molecular complexity index is 982. The smallest absolute Gasteiger partial charge is 0.469 e. The number of nitrogens with one attached hydrogen (secondary N) is 1. The molecular formula is C20H22F3N3O8. The molecule has 1 fully saturated rings. The molecule has 0 spiro atoms. The molecule has 3 rings (SSSR count). The quantitative estimate of drug-likeness (QED) is 0.430. The minimum absolute atomic E-state index is 0.0598. The molecule has 1 aliphatic heterocycles. The highest BCUT2D eigenvalue weighted by Crippen LogP contribution is 2.27. The van der Waals surface area contributed by atoms with Crippen molar-refractivity contribution in [3.63, 3.8) is 0 Å². The summed E-state index contributed by atoms with van der Waals surface area (Å²) in [6.07, 6.45) is -9.49. The monoisotopic (exact) mass is 489 g/mol. The number of methoxy groups -OCH3 is 1. The van der Waals surface area contributed by atoms with Gasteiger partial charge in [0.2, 0.25) is 17.6 Å². The number of aromatic nitrogens is 2. The van der Waals surface area contributed by atoms with Crippen molar-refractivity contribution in [3.8, 4) is 17.1 Å². The maximum Gasteiger partial charge on any atom is 0.573 e. The van der Waals surface area contributed by atoms with Crippen molar-refractivity contribution < 1.29 is 51.7 Å². The topological polar surface area (TPSA) is 153 Å². The van der Waals surface area contributed by atoms with Gasteiger partial charge in [0.1, 0.15) is 24.1 Å². The summed E-state index contributed by atoms with van der Waals surface area (Å²) in [6.45, 7) is -0.101. The van der Waals surface area contributed by atoms with E-state index in [2.05, 4.69) is 24.9 Å². The molecule has 14 heteroatoms. The minimum Gasteiger partial charge on any atom is -0.469 e. The average Bonchev–Trinajstić information content (AvgIpc) is 3.36. The highest BCUT2D eigenvalue weighted by Gasteiger charge is 2.43. The minimum atomic E-state index is -4.81. The van der Waals surface area contributed by atoms with Crippen LogP contribution in [-0.2, 0) is 25.5 Å². The molecule has 34 heavy (non-hydrogen) atoms. The van der Waals surface area contributed by atoms with Crippen molar-refractivity contribution >= 4 is 11.9 Å². The van der Waals surface area contributed by atoms with E-state index in [1.165, 1.54) is 19.2 Å². The summed E-state index contributed by atoms with van der Waals surface area (Å²) in [6, 6.07) is 4.84. The van der Waals surface area contributed by atoms with Crippen LogP contribution in [0.5, 0.6) is 5.75 Å². The number of halogens is 3. The molecule has 0 aliphatic carbocycles. The molecule has 186 valence electrons. The summed E-state index contributed by atoms with van der Waals surface area (Å²) in [5, 5.41) is 26.7. The normalized spacial score (nSPS) is 22.4. The largest absolute Gasteiger partial charge is 0.573 e. The van der Waals surface area contributed by atoms with Gasteiger partial charge in [-0.15, -0.1) is 13.2 Å². The van der Waals surface area contributed by atoms with E-state index in [4.69, 9.17) is 9.26 Å². The summed E-state index contributed by atoms with van der Waals surface area (Å²) in [7, 11) is 1.21. The SMILES string of the molecule is COC(=O)CCC(=O)NC[C@@H]1O[C@@H](Cc2nc(-c3ccc(OC(F)(F)F)cc3)no2)[C@H](O)[C@@H]1O. The third-order valence-corrected chi connectivity index (χ3v) is 4.94. The first-order chi connectivity index (χ1) is 16.1. The lowest BCUT2D eigenvalue weighted by Crippen LogP contribution is -2.40. The number of nitrogens with zero attached hydrogens (tertiary/aromatic N) is 2. The van der Waals surface area contributed by atoms with E-state index in [1.807, 2.05) is 0 Å². The molecule has 2 aromatic rings. The zero-order valence-electron chi connectivity index (χ0n) is 17.8. The zero-order chi connectivity index (χ0) is 24.9. The summed E-state index contributed by atoms with van der Waals surface area (Å²) in [4.78, 5) is 27.0. The van der Waals surface area contributed by atoms with Crippen LogP contribution in [0, 0.1) is 0 Å². The van der Waals surface area contributed by atoms with E-state index in [-0.39, 0.29) is 37.5 Å². The third-order valence-electron chi connectivity index (χ3n) is 4.94. The number of carbonyl (C=O) groups excluding carboxylic acids is 2. The van der Waals surface area contributed by atoms with Crippen molar-refractivity contribution in [2.45, 2.75) is 50.0 Å². The Balaban J connectivity index is 1.53. The molecular weight excluding hydrogens is 467 g/mol. The van der Waals surface area contributed by atoms with E-state index in [0.29, 0.717) is 5.56 Å². The maximum absolute atomic E-state index is 12.3. The number of esters is 1. The number of ether oxygens (including phenoxy) is 3. The fourth-order valence-electron chi connectivity index (χ4n) is 3.22. The molecule has 0 bridgehead atoms. The van der Waals surface area contributed by atoms with Crippen molar-refractivity contribution in [2.75, 3.05) is 13.7 Å². The first-order valence-corrected chi connectivity index (χ1v) is 10.1. The van der Waals surface area contributed by atoms with Crippen LogP contribution in [0.3, 0.4) is 0 Å². The Kier molecular flexibility index (Phi) is 8.06. The Labute approximate surface area is 190 Å². The molecule has 0 unspecified atom stereocenters. The molecule has 11 nitrogen and oxygen atoms in total. The van der Waals surface area contributed by atoms with E-state index in [1.54, 1.807) is 0 Å². The zero-order valence-corrected chi connectivity index (χ0v) is 17.8. The van der Waals surface area contributed by atoms with Gasteiger partial charge in [-0.25, -0.2) is 0 Å². The van der Waals surface area contributed by atoms with Crippen LogP contribution in [-0.4, -0.2) is 76.7 Å². The predicted molar refractivity (Wildman–Crippen MR) is 105 cm³/mol. The van der Waals surface area contributed by atoms with Gasteiger partial charge in [0.15, 0.2) is 0 Å². The number of amides is 1. The van der Waals surface area contributed by atoms with Crippen molar-refractivity contribution in [1.29, 1.82) is 0 Å². The number of aliphatic hydroxyl groups excluding tert-OH is 2. The van der Waals surface area contributed by atoms with E-state index in [0.717, 1.165) is 12.1 Å². The maximum atomic E-state index is 12.3. The number of hydrogen-bond acceptors (Lipinski definition) is 10. The van der Waals surface area contributed by atoms with Crippen LogP contribution in [0.2, 0.25) is 0 Å². The van der Waals surface area contributed by atoms with Crippen LogP contribution < -0.4 is 10.1 Å². The summed E-state index contributed by atoms with van der Waals surface area (Å²) in [5.74, 6) is -1.24. The lowest BCUT2D eigenvalue weighted by atomic mass is 10.1. The highest BCUT2D eigenvalue weighted by atomic mass is 19.4. The molecule has 1 aliphatic rings. The van der Waals surface area contributed by atoms with Gasteiger partial charge in [-0.2, -0.15) is 4.98 Å². The van der Waals surface area contributed by atoms with E-state index < -0.39 is 48.4 Å². The summed E-state index contributed by atoms with van der Waals surface area (Å²) in [5.41, 5.74) is 0.366. The van der Waals surface area contributed by atoms with Gasteiger partial charge < -0.3 is 34.3 Å². The Morgan fingerprint density at radius 1 is 1.12 bits per heavy atom. The van der Waals surface area contributed by atoms with Gasteiger partial charge in [-0.1, -0.05) is 5.16 Å². The number of carbonyl (C=O) groups is 2. The van der Waals surface area contributed by atoms with Gasteiger partial charge >= 0.3 is 12.3 Å². The fourth-order valence-corrected chi connectivity index (χ4v) is 3.22. The van der Waals surface area contributed by atoms with E-state index in [9.17, 15) is 33.0 Å².